The van der Waals surface area contributed by atoms with Crippen LogP contribution in [0, 0.1) is 0 Å². The lowest BCUT2D eigenvalue weighted by Gasteiger charge is -1.97. The van der Waals surface area contributed by atoms with Gasteiger partial charge >= 0.3 is 0 Å². The molecule has 3 rings (SSSR count). The normalized spacial score (nSPS) is 11.3. The van der Waals surface area contributed by atoms with Crippen molar-refractivity contribution in [1.29, 1.82) is 0 Å². The maximum atomic E-state index is 8.97. The highest BCUT2D eigenvalue weighted by atomic mass is 32.1. The topological polar surface area (TPSA) is 42.5 Å². The second-order valence-corrected chi connectivity index (χ2v) is 4.55. The van der Waals surface area contributed by atoms with Crippen molar-refractivity contribution in [2.75, 3.05) is 0 Å². The highest BCUT2D eigenvalue weighted by molar-refractivity contribution is 7.15. The Balaban J connectivity index is 1.86. The van der Waals surface area contributed by atoms with Gasteiger partial charge in [-0.15, -0.1) is 11.3 Å². The van der Waals surface area contributed by atoms with Crippen molar-refractivity contribution < 1.29 is 5.11 Å². The monoisotopic (exact) mass is 233 g/mol. The third-order valence-corrected chi connectivity index (χ3v) is 3.25. The minimum Gasteiger partial charge on any atom is -0.392 e. The molecule has 0 atom stereocenters. The second-order valence-electron chi connectivity index (χ2n) is 3.68. The molecule has 0 aliphatic rings. The summed E-state index contributed by atoms with van der Waals surface area (Å²) in [5, 5.41) is 11.0. The SMILES string of the molecule is OCc1ccn(Cc2cn3ccsc3n2)c1. The fraction of sp³-hybridized carbons (Fsp3) is 0.182. The Hall–Kier alpha value is -1.59. The molecule has 3 aromatic rings. The molecule has 0 fully saturated rings. The molecule has 3 heterocycles. The molecule has 1 N–H and O–H groups in total. The Labute approximate surface area is 96.4 Å². The average Bonchev–Trinajstić information content (AvgIpc) is 2.92. The van der Waals surface area contributed by atoms with Gasteiger partial charge < -0.3 is 9.67 Å². The summed E-state index contributed by atoms with van der Waals surface area (Å²) in [4.78, 5) is 5.52. The fourth-order valence-electron chi connectivity index (χ4n) is 1.72. The van der Waals surface area contributed by atoms with Gasteiger partial charge in [0.25, 0.3) is 0 Å². The van der Waals surface area contributed by atoms with E-state index in [1.807, 2.05) is 45.2 Å². The van der Waals surface area contributed by atoms with E-state index in [1.54, 1.807) is 11.3 Å². The number of fused-ring (bicyclic) bond motifs is 1. The first-order valence-corrected chi connectivity index (χ1v) is 5.90. The van der Waals surface area contributed by atoms with E-state index in [9.17, 15) is 0 Å². The summed E-state index contributed by atoms with van der Waals surface area (Å²) in [6.07, 6.45) is 7.93. The van der Waals surface area contributed by atoms with Gasteiger partial charge in [0, 0.05) is 30.2 Å². The van der Waals surface area contributed by atoms with E-state index in [2.05, 4.69) is 4.98 Å². The fourth-order valence-corrected chi connectivity index (χ4v) is 2.44. The molecule has 4 nitrogen and oxygen atoms in total. The maximum absolute atomic E-state index is 8.97. The Morgan fingerprint density at radius 2 is 2.25 bits per heavy atom. The van der Waals surface area contributed by atoms with Crippen molar-refractivity contribution in [2.45, 2.75) is 13.2 Å². The molecule has 3 aromatic heterocycles. The number of nitrogens with zero attached hydrogens (tertiary/aromatic N) is 3. The summed E-state index contributed by atoms with van der Waals surface area (Å²) in [6, 6.07) is 1.92. The first-order valence-electron chi connectivity index (χ1n) is 5.02. The van der Waals surface area contributed by atoms with Gasteiger partial charge in [-0.2, -0.15) is 0 Å². The van der Waals surface area contributed by atoms with Crippen LogP contribution >= 0.6 is 11.3 Å². The van der Waals surface area contributed by atoms with Crippen molar-refractivity contribution in [3.8, 4) is 0 Å². The van der Waals surface area contributed by atoms with Crippen LogP contribution in [0.2, 0.25) is 0 Å². The van der Waals surface area contributed by atoms with Crippen LogP contribution in [0.25, 0.3) is 4.96 Å². The molecular formula is C11H11N3OS. The van der Waals surface area contributed by atoms with Gasteiger partial charge in [0.05, 0.1) is 18.8 Å². The number of thiazole rings is 1. The zero-order valence-electron chi connectivity index (χ0n) is 8.58. The number of aromatic nitrogens is 3. The van der Waals surface area contributed by atoms with Crippen LogP contribution in [0.5, 0.6) is 0 Å². The number of aliphatic hydroxyl groups is 1. The molecule has 0 radical (unpaired) electrons. The third-order valence-electron chi connectivity index (χ3n) is 2.48. The number of imidazole rings is 1. The molecule has 5 heteroatoms. The molecule has 0 amide bonds. The summed E-state index contributed by atoms with van der Waals surface area (Å²) in [7, 11) is 0. The molecule has 0 bridgehead atoms. The Kier molecular flexibility index (Phi) is 2.27. The summed E-state index contributed by atoms with van der Waals surface area (Å²) in [6.45, 7) is 0.833. The van der Waals surface area contributed by atoms with E-state index in [4.69, 9.17) is 5.11 Å². The van der Waals surface area contributed by atoms with Gasteiger partial charge in [-0.3, -0.25) is 4.40 Å². The maximum Gasteiger partial charge on any atom is 0.193 e. The van der Waals surface area contributed by atoms with Gasteiger partial charge in [-0.05, 0) is 11.6 Å². The lowest BCUT2D eigenvalue weighted by atomic mass is 10.4. The molecule has 0 saturated heterocycles. The average molecular weight is 233 g/mol. The molecule has 82 valence electrons. The van der Waals surface area contributed by atoms with Crippen molar-refractivity contribution in [2.24, 2.45) is 0 Å². The minimum absolute atomic E-state index is 0.0886. The van der Waals surface area contributed by atoms with E-state index in [-0.39, 0.29) is 6.61 Å². The zero-order chi connectivity index (χ0) is 11.0. The number of rotatable bonds is 3. The first kappa shape index (κ1) is 9.62. The first-order chi connectivity index (χ1) is 7.85. The predicted octanol–water partition coefficient (Wildman–Crippen LogP) is 1.74. The predicted molar refractivity (Wildman–Crippen MR) is 62.5 cm³/mol. The Morgan fingerprint density at radius 1 is 1.31 bits per heavy atom. The lowest BCUT2D eigenvalue weighted by molar-refractivity contribution is 0.282. The van der Waals surface area contributed by atoms with Crippen molar-refractivity contribution in [1.82, 2.24) is 14.0 Å². The summed E-state index contributed by atoms with van der Waals surface area (Å²) in [5.74, 6) is 0. The van der Waals surface area contributed by atoms with Gasteiger partial charge in [-0.25, -0.2) is 4.98 Å². The summed E-state index contributed by atoms with van der Waals surface area (Å²) in [5.41, 5.74) is 1.97. The third kappa shape index (κ3) is 1.64. The molecule has 0 aromatic carbocycles. The summed E-state index contributed by atoms with van der Waals surface area (Å²) >= 11 is 1.63. The van der Waals surface area contributed by atoms with E-state index < -0.39 is 0 Å². The number of aliphatic hydroxyl groups excluding tert-OH is 1. The molecule has 0 aliphatic heterocycles. The van der Waals surface area contributed by atoms with Crippen molar-refractivity contribution in [3.05, 3.63) is 47.5 Å². The van der Waals surface area contributed by atoms with Crippen molar-refractivity contribution in [3.63, 3.8) is 0 Å². The van der Waals surface area contributed by atoms with Gasteiger partial charge in [0.1, 0.15) is 0 Å². The molecule has 0 saturated carbocycles. The number of hydrogen-bond donors (Lipinski definition) is 1. The number of hydrogen-bond acceptors (Lipinski definition) is 3. The van der Waals surface area contributed by atoms with Gasteiger partial charge in [0.2, 0.25) is 0 Å². The van der Waals surface area contributed by atoms with Gasteiger partial charge in [-0.1, -0.05) is 0 Å². The van der Waals surface area contributed by atoms with E-state index >= 15 is 0 Å². The van der Waals surface area contributed by atoms with E-state index in [0.717, 1.165) is 22.8 Å². The van der Waals surface area contributed by atoms with Crippen LogP contribution < -0.4 is 0 Å². The standard InChI is InChI=1S/C11H11N3OS/c15-8-9-1-2-13(5-9)6-10-7-14-3-4-16-11(14)12-10/h1-5,7,15H,6,8H2. The van der Waals surface area contributed by atoms with Crippen molar-refractivity contribution >= 4 is 16.3 Å². The highest BCUT2D eigenvalue weighted by Gasteiger charge is 2.03. The lowest BCUT2D eigenvalue weighted by Crippen LogP contribution is -1.96. The Bertz CT molecular complexity index is 579. The molecule has 16 heavy (non-hydrogen) atoms. The van der Waals surface area contributed by atoms with Crippen LogP contribution in [0.15, 0.2) is 36.2 Å². The summed E-state index contributed by atoms with van der Waals surface area (Å²) < 4.78 is 4.05. The molecule has 0 spiro atoms. The Morgan fingerprint density at radius 3 is 3.00 bits per heavy atom. The zero-order valence-corrected chi connectivity index (χ0v) is 9.39. The smallest absolute Gasteiger partial charge is 0.193 e. The van der Waals surface area contributed by atoms with E-state index in [0.29, 0.717) is 0 Å². The molecular weight excluding hydrogens is 222 g/mol. The second kappa shape index (κ2) is 3.77. The molecule has 0 unspecified atom stereocenters. The van der Waals surface area contributed by atoms with Crippen LogP contribution in [0.4, 0.5) is 0 Å². The molecule has 0 aliphatic carbocycles. The van der Waals surface area contributed by atoms with Crippen LogP contribution in [0.1, 0.15) is 11.3 Å². The van der Waals surface area contributed by atoms with Crippen LogP contribution in [-0.2, 0) is 13.2 Å². The minimum atomic E-state index is 0.0886. The van der Waals surface area contributed by atoms with Crippen LogP contribution in [0.3, 0.4) is 0 Å². The quantitative estimate of drug-likeness (QED) is 0.748. The largest absolute Gasteiger partial charge is 0.392 e. The highest BCUT2D eigenvalue weighted by Crippen LogP contribution is 2.12. The van der Waals surface area contributed by atoms with E-state index in [1.165, 1.54) is 0 Å². The van der Waals surface area contributed by atoms with Gasteiger partial charge in [0.15, 0.2) is 4.96 Å². The van der Waals surface area contributed by atoms with Crippen LogP contribution in [-0.4, -0.2) is 19.1 Å².